The van der Waals surface area contributed by atoms with Crippen LogP contribution in [0.15, 0.2) is 36.0 Å². The fraction of sp³-hybridized carbons (Fsp3) is 0.600. The van der Waals surface area contributed by atoms with Gasteiger partial charge in [0.1, 0.15) is 0 Å². The van der Waals surface area contributed by atoms with E-state index >= 15 is 0 Å². The molecule has 0 aromatic rings. The van der Waals surface area contributed by atoms with E-state index in [-0.39, 0.29) is 0 Å². The third-order valence-corrected chi connectivity index (χ3v) is 3.25. The largest absolute Gasteiger partial charge is 0.369 e. The molecule has 0 aliphatic heterocycles. The lowest BCUT2D eigenvalue weighted by Gasteiger charge is -2.17. The summed E-state index contributed by atoms with van der Waals surface area (Å²) in [6, 6.07) is 0. The molecule has 2 aliphatic rings. The molecule has 0 fully saturated rings. The Balaban J connectivity index is 1.77. The van der Waals surface area contributed by atoms with Gasteiger partial charge in [0, 0.05) is 0 Å². The molecule has 1 nitrogen and oxygen atoms in total. The molecule has 1 heteroatoms. The molecule has 0 radical (unpaired) electrons. The van der Waals surface area contributed by atoms with Gasteiger partial charge in [-0.3, -0.25) is 0 Å². The fourth-order valence-corrected chi connectivity index (χ4v) is 2.25. The number of rotatable bonds is 3. The SMILES string of the molecule is C1=CC(COC2/C=C/CCCCC2)=CCC1. The first-order valence-electron chi connectivity index (χ1n) is 6.59. The van der Waals surface area contributed by atoms with Crippen molar-refractivity contribution < 1.29 is 4.74 Å². The lowest BCUT2D eigenvalue weighted by Crippen LogP contribution is -2.13. The van der Waals surface area contributed by atoms with Gasteiger partial charge in [-0.05, 0) is 37.7 Å². The molecule has 0 aromatic carbocycles. The second kappa shape index (κ2) is 6.70. The minimum Gasteiger partial charge on any atom is -0.369 e. The van der Waals surface area contributed by atoms with Crippen molar-refractivity contribution in [3.05, 3.63) is 36.0 Å². The molecule has 16 heavy (non-hydrogen) atoms. The van der Waals surface area contributed by atoms with Crippen molar-refractivity contribution in [2.75, 3.05) is 6.61 Å². The minimum atomic E-state index is 0.344. The second-order valence-electron chi connectivity index (χ2n) is 4.67. The Hall–Kier alpha value is -0.820. The standard InChI is InChI=1S/C15H22O/c1-2-7-11-15(12-8-3-1)16-13-14-9-5-4-6-10-14/h5,7,9-11,15H,1-4,6,8,12-13H2/b11-7+. The van der Waals surface area contributed by atoms with Gasteiger partial charge in [0.25, 0.3) is 0 Å². The highest BCUT2D eigenvalue weighted by molar-refractivity contribution is 5.22. The first kappa shape index (κ1) is 11.7. The summed E-state index contributed by atoms with van der Waals surface area (Å²) in [6.07, 6.45) is 20.4. The summed E-state index contributed by atoms with van der Waals surface area (Å²) in [5.74, 6) is 0. The summed E-state index contributed by atoms with van der Waals surface area (Å²) >= 11 is 0. The normalized spacial score (nSPS) is 28.0. The maximum Gasteiger partial charge on any atom is 0.0760 e. The first-order valence-corrected chi connectivity index (χ1v) is 6.59. The summed E-state index contributed by atoms with van der Waals surface area (Å²) in [4.78, 5) is 0. The van der Waals surface area contributed by atoms with E-state index in [4.69, 9.17) is 4.74 Å². The van der Waals surface area contributed by atoms with Crippen LogP contribution < -0.4 is 0 Å². The first-order chi connectivity index (χ1) is 7.95. The molecule has 2 rings (SSSR count). The monoisotopic (exact) mass is 218 g/mol. The van der Waals surface area contributed by atoms with Gasteiger partial charge in [0.2, 0.25) is 0 Å². The fourth-order valence-electron chi connectivity index (χ4n) is 2.25. The Bertz CT molecular complexity index is 286. The summed E-state index contributed by atoms with van der Waals surface area (Å²) in [5.41, 5.74) is 1.35. The summed E-state index contributed by atoms with van der Waals surface area (Å²) in [6.45, 7) is 0.783. The molecule has 0 saturated carbocycles. The van der Waals surface area contributed by atoms with Gasteiger partial charge in [0.05, 0.1) is 12.7 Å². The van der Waals surface area contributed by atoms with Crippen LogP contribution in [0.1, 0.15) is 44.9 Å². The topological polar surface area (TPSA) is 9.23 Å². The van der Waals surface area contributed by atoms with Gasteiger partial charge >= 0.3 is 0 Å². The second-order valence-corrected chi connectivity index (χ2v) is 4.67. The van der Waals surface area contributed by atoms with E-state index in [1.807, 2.05) is 0 Å². The number of ether oxygens (including phenoxy) is 1. The molecular weight excluding hydrogens is 196 g/mol. The van der Waals surface area contributed by atoms with Crippen LogP contribution in [-0.2, 0) is 4.74 Å². The number of hydrogen-bond acceptors (Lipinski definition) is 1. The molecule has 2 aliphatic carbocycles. The average molecular weight is 218 g/mol. The zero-order valence-corrected chi connectivity index (χ0v) is 10.0. The summed E-state index contributed by atoms with van der Waals surface area (Å²) in [5, 5.41) is 0. The van der Waals surface area contributed by atoms with Crippen LogP contribution in [0, 0.1) is 0 Å². The van der Waals surface area contributed by atoms with Gasteiger partial charge in [-0.25, -0.2) is 0 Å². The third kappa shape index (κ3) is 3.97. The Labute approximate surface area is 98.9 Å². The maximum atomic E-state index is 5.95. The van der Waals surface area contributed by atoms with Crippen molar-refractivity contribution >= 4 is 0 Å². The Morgan fingerprint density at radius 2 is 2.06 bits per heavy atom. The molecule has 0 N–H and O–H groups in total. The molecule has 88 valence electrons. The molecule has 1 unspecified atom stereocenters. The summed E-state index contributed by atoms with van der Waals surface area (Å²) < 4.78 is 5.95. The van der Waals surface area contributed by atoms with E-state index in [0.29, 0.717) is 6.10 Å². The highest BCUT2D eigenvalue weighted by Gasteiger charge is 2.08. The van der Waals surface area contributed by atoms with Gasteiger partial charge in [0.15, 0.2) is 0 Å². The van der Waals surface area contributed by atoms with Crippen molar-refractivity contribution in [2.24, 2.45) is 0 Å². The lowest BCUT2D eigenvalue weighted by atomic mass is 10.0. The van der Waals surface area contributed by atoms with Gasteiger partial charge < -0.3 is 4.74 Å². The molecule has 0 saturated heterocycles. The summed E-state index contributed by atoms with van der Waals surface area (Å²) in [7, 11) is 0. The minimum absolute atomic E-state index is 0.344. The Morgan fingerprint density at radius 1 is 1.06 bits per heavy atom. The van der Waals surface area contributed by atoms with Crippen molar-refractivity contribution in [2.45, 2.75) is 51.0 Å². The van der Waals surface area contributed by atoms with Gasteiger partial charge in [-0.1, -0.05) is 43.2 Å². The molecule has 0 spiro atoms. The predicted octanol–water partition coefficient (Wildman–Crippen LogP) is 4.17. The Morgan fingerprint density at radius 3 is 2.94 bits per heavy atom. The average Bonchev–Trinajstić information content (AvgIpc) is 2.29. The van der Waals surface area contributed by atoms with Crippen molar-refractivity contribution in [1.82, 2.24) is 0 Å². The molecule has 0 amide bonds. The smallest absolute Gasteiger partial charge is 0.0760 e. The van der Waals surface area contributed by atoms with Crippen molar-refractivity contribution in [1.29, 1.82) is 0 Å². The molecule has 0 heterocycles. The molecule has 0 aromatic heterocycles. The van der Waals surface area contributed by atoms with E-state index in [1.165, 1.54) is 50.5 Å². The van der Waals surface area contributed by atoms with Crippen LogP contribution >= 0.6 is 0 Å². The van der Waals surface area contributed by atoms with Crippen molar-refractivity contribution in [3.8, 4) is 0 Å². The van der Waals surface area contributed by atoms with E-state index in [2.05, 4.69) is 30.4 Å². The van der Waals surface area contributed by atoms with E-state index in [0.717, 1.165) is 6.61 Å². The van der Waals surface area contributed by atoms with Crippen LogP contribution in [0.4, 0.5) is 0 Å². The predicted molar refractivity (Wildman–Crippen MR) is 68.4 cm³/mol. The highest BCUT2D eigenvalue weighted by atomic mass is 16.5. The van der Waals surface area contributed by atoms with Crippen LogP contribution in [0.25, 0.3) is 0 Å². The molecular formula is C15H22O. The number of allylic oxidation sites excluding steroid dienone is 3. The van der Waals surface area contributed by atoms with Crippen LogP contribution in [0.3, 0.4) is 0 Å². The van der Waals surface area contributed by atoms with E-state index in [1.54, 1.807) is 0 Å². The number of hydrogen-bond donors (Lipinski definition) is 0. The van der Waals surface area contributed by atoms with Crippen LogP contribution in [-0.4, -0.2) is 12.7 Å². The zero-order chi connectivity index (χ0) is 11.1. The van der Waals surface area contributed by atoms with Gasteiger partial charge in [-0.2, -0.15) is 0 Å². The molecule has 0 bridgehead atoms. The zero-order valence-electron chi connectivity index (χ0n) is 10.0. The van der Waals surface area contributed by atoms with E-state index < -0.39 is 0 Å². The van der Waals surface area contributed by atoms with Crippen molar-refractivity contribution in [3.63, 3.8) is 0 Å². The highest BCUT2D eigenvalue weighted by Crippen LogP contribution is 2.16. The third-order valence-electron chi connectivity index (χ3n) is 3.25. The van der Waals surface area contributed by atoms with E-state index in [9.17, 15) is 0 Å². The Kier molecular flexibility index (Phi) is 4.88. The quantitative estimate of drug-likeness (QED) is 0.646. The van der Waals surface area contributed by atoms with Gasteiger partial charge in [-0.15, -0.1) is 0 Å². The van der Waals surface area contributed by atoms with Crippen LogP contribution in [0.2, 0.25) is 0 Å². The molecule has 1 atom stereocenters. The maximum absolute atomic E-state index is 5.95. The van der Waals surface area contributed by atoms with Crippen LogP contribution in [0.5, 0.6) is 0 Å². The lowest BCUT2D eigenvalue weighted by molar-refractivity contribution is 0.0956.